The Labute approximate surface area is 81.8 Å². The van der Waals surface area contributed by atoms with E-state index < -0.39 is 11.9 Å². The topological polar surface area (TPSA) is 110 Å². The van der Waals surface area contributed by atoms with Crippen LogP contribution < -0.4 is 11.5 Å². The average Bonchev–Trinajstić information content (AvgIpc) is 2.00. The molecule has 2 amide bonds. The summed E-state index contributed by atoms with van der Waals surface area (Å²) in [6.45, 7) is 1.11. The maximum absolute atomic E-state index is 11.4. The molecule has 1 heterocycles. The molecule has 0 spiro atoms. The van der Waals surface area contributed by atoms with Crippen LogP contribution >= 0.6 is 0 Å². The first kappa shape index (κ1) is 10.9. The molecule has 1 aliphatic heterocycles. The summed E-state index contributed by atoms with van der Waals surface area (Å²) >= 11 is 0. The molecule has 0 aromatic heterocycles. The first-order valence-corrected chi connectivity index (χ1v) is 4.48. The number of likely N-dealkylation sites (tertiary alicyclic amines) is 1. The van der Waals surface area contributed by atoms with Gasteiger partial charge in [0.15, 0.2) is 0 Å². The summed E-state index contributed by atoms with van der Waals surface area (Å²) < 4.78 is 0. The van der Waals surface area contributed by atoms with Crippen LogP contribution in [0.1, 0.15) is 6.42 Å². The van der Waals surface area contributed by atoms with Gasteiger partial charge in [0.25, 0.3) is 0 Å². The Morgan fingerprint density at radius 3 is 2.50 bits per heavy atom. The Balaban J connectivity index is 2.32. The van der Waals surface area contributed by atoms with Crippen LogP contribution in [0.15, 0.2) is 0 Å². The second-order valence-electron chi connectivity index (χ2n) is 3.57. The number of nitrogens with zero attached hydrogens (tertiary/aromatic N) is 1. The van der Waals surface area contributed by atoms with E-state index in [4.69, 9.17) is 16.6 Å². The smallest absolute Gasteiger partial charge is 0.240 e. The van der Waals surface area contributed by atoms with E-state index in [0.717, 1.165) is 0 Å². The number of primary amides is 1. The largest absolute Gasteiger partial charge is 0.396 e. The Hall–Kier alpha value is -1.14. The fourth-order valence-corrected chi connectivity index (χ4v) is 1.40. The van der Waals surface area contributed by atoms with Crippen molar-refractivity contribution in [1.82, 2.24) is 4.90 Å². The highest BCUT2D eigenvalue weighted by Crippen LogP contribution is 2.15. The van der Waals surface area contributed by atoms with E-state index in [9.17, 15) is 9.59 Å². The molecule has 14 heavy (non-hydrogen) atoms. The van der Waals surface area contributed by atoms with Crippen LogP contribution in [0, 0.1) is 5.92 Å². The zero-order valence-corrected chi connectivity index (χ0v) is 7.85. The van der Waals surface area contributed by atoms with Crippen molar-refractivity contribution >= 4 is 11.8 Å². The minimum atomic E-state index is -0.841. The van der Waals surface area contributed by atoms with Crippen LogP contribution in [0.3, 0.4) is 0 Å². The molecule has 0 aromatic carbocycles. The highest BCUT2D eigenvalue weighted by Gasteiger charge is 2.32. The van der Waals surface area contributed by atoms with Crippen molar-refractivity contribution in [2.75, 3.05) is 19.7 Å². The second-order valence-corrected chi connectivity index (χ2v) is 3.57. The van der Waals surface area contributed by atoms with Gasteiger partial charge >= 0.3 is 0 Å². The third-order valence-electron chi connectivity index (χ3n) is 2.27. The monoisotopic (exact) mass is 201 g/mol. The number of rotatable bonds is 4. The number of nitrogens with two attached hydrogens (primary N) is 2. The minimum Gasteiger partial charge on any atom is -0.396 e. The molecule has 0 bridgehead atoms. The van der Waals surface area contributed by atoms with Gasteiger partial charge in [-0.25, -0.2) is 0 Å². The van der Waals surface area contributed by atoms with E-state index in [1.54, 1.807) is 0 Å². The van der Waals surface area contributed by atoms with Crippen LogP contribution in [0.5, 0.6) is 0 Å². The third kappa shape index (κ3) is 2.43. The van der Waals surface area contributed by atoms with Gasteiger partial charge in [0.1, 0.15) is 0 Å². The normalized spacial score (nSPS) is 18.9. The van der Waals surface area contributed by atoms with Crippen LogP contribution in [0.2, 0.25) is 0 Å². The molecule has 6 heteroatoms. The zero-order chi connectivity index (χ0) is 10.7. The van der Waals surface area contributed by atoms with Gasteiger partial charge in [-0.1, -0.05) is 0 Å². The number of hydrogen-bond acceptors (Lipinski definition) is 4. The third-order valence-corrected chi connectivity index (χ3v) is 2.27. The molecule has 0 radical (unpaired) electrons. The molecule has 1 unspecified atom stereocenters. The van der Waals surface area contributed by atoms with Crippen molar-refractivity contribution in [1.29, 1.82) is 0 Å². The fraction of sp³-hybridized carbons (Fsp3) is 0.750. The molecule has 6 nitrogen and oxygen atoms in total. The summed E-state index contributed by atoms with van der Waals surface area (Å²) in [5.74, 6) is -0.696. The summed E-state index contributed by atoms with van der Waals surface area (Å²) in [5.41, 5.74) is 10.4. The molecular weight excluding hydrogens is 186 g/mol. The van der Waals surface area contributed by atoms with Crippen molar-refractivity contribution in [2.24, 2.45) is 17.4 Å². The maximum Gasteiger partial charge on any atom is 0.240 e. The van der Waals surface area contributed by atoms with E-state index in [1.807, 2.05) is 0 Å². The predicted molar refractivity (Wildman–Crippen MR) is 48.9 cm³/mol. The van der Waals surface area contributed by atoms with Crippen LogP contribution in [0.4, 0.5) is 0 Å². The first-order valence-electron chi connectivity index (χ1n) is 4.48. The number of carbonyl (C=O) groups excluding carboxylic acids is 2. The Bertz CT molecular complexity index is 238. The van der Waals surface area contributed by atoms with Gasteiger partial charge in [-0.05, 0) is 0 Å². The van der Waals surface area contributed by atoms with Crippen LogP contribution in [0.25, 0.3) is 0 Å². The van der Waals surface area contributed by atoms with Crippen molar-refractivity contribution in [2.45, 2.75) is 12.5 Å². The number of aliphatic hydroxyl groups is 1. The summed E-state index contributed by atoms with van der Waals surface area (Å²) in [6, 6.07) is -0.841. The molecule has 80 valence electrons. The SMILES string of the molecule is NC(=O)CC(N)C(=O)N1CC(CO)C1. The minimum absolute atomic E-state index is 0.0782. The molecule has 1 saturated heterocycles. The van der Waals surface area contributed by atoms with Gasteiger partial charge in [-0.2, -0.15) is 0 Å². The van der Waals surface area contributed by atoms with E-state index in [2.05, 4.69) is 0 Å². The molecule has 1 aliphatic rings. The molecule has 1 atom stereocenters. The molecule has 1 fully saturated rings. The number of hydrogen-bond donors (Lipinski definition) is 3. The number of carbonyl (C=O) groups is 2. The lowest BCUT2D eigenvalue weighted by molar-refractivity contribution is -0.141. The van der Waals surface area contributed by atoms with Crippen molar-refractivity contribution in [3.8, 4) is 0 Å². The number of aliphatic hydroxyl groups excluding tert-OH is 1. The predicted octanol–water partition coefficient (Wildman–Crippen LogP) is -2.36. The molecule has 0 aromatic rings. The summed E-state index contributed by atoms with van der Waals surface area (Å²) in [7, 11) is 0. The van der Waals surface area contributed by atoms with E-state index in [0.29, 0.717) is 13.1 Å². The second kappa shape index (κ2) is 4.39. The van der Waals surface area contributed by atoms with Crippen LogP contribution in [-0.2, 0) is 9.59 Å². The van der Waals surface area contributed by atoms with Gasteiger partial charge in [-0.3, -0.25) is 9.59 Å². The van der Waals surface area contributed by atoms with Gasteiger partial charge in [0.05, 0.1) is 12.5 Å². The van der Waals surface area contributed by atoms with Gasteiger partial charge in [0, 0.05) is 25.6 Å². The quantitative estimate of drug-likeness (QED) is 0.472. The molecular formula is C8H15N3O3. The summed E-state index contributed by atoms with van der Waals surface area (Å²) in [5, 5.41) is 8.73. The van der Waals surface area contributed by atoms with Crippen LogP contribution in [-0.4, -0.2) is 47.6 Å². The fourth-order valence-electron chi connectivity index (χ4n) is 1.40. The molecule has 0 aliphatic carbocycles. The number of amides is 2. The highest BCUT2D eigenvalue weighted by atomic mass is 16.3. The van der Waals surface area contributed by atoms with E-state index in [1.165, 1.54) is 4.90 Å². The average molecular weight is 201 g/mol. The van der Waals surface area contributed by atoms with Gasteiger partial charge in [0.2, 0.25) is 11.8 Å². The van der Waals surface area contributed by atoms with E-state index in [-0.39, 0.29) is 24.9 Å². The molecule has 1 rings (SSSR count). The van der Waals surface area contributed by atoms with E-state index >= 15 is 0 Å². The van der Waals surface area contributed by atoms with Gasteiger partial charge in [-0.15, -0.1) is 0 Å². The lowest BCUT2D eigenvalue weighted by Gasteiger charge is -2.39. The summed E-state index contributed by atoms with van der Waals surface area (Å²) in [6.07, 6.45) is -0.126. The Morgan fingerprint density at radius 1 is 1.50 bits per heavy atom. The zero-order valence-electron chi connectivity index (χ0n) is 7.85. The Morgan fingerprint density at radius 2 is 2.07 bits per heavy atom. The van der Waals surface area contributed by atoms with Crippen molar-refractivity contribution in [3.63, 3.8) is 0 Å². The Kier molecular flexibility index (Phi) is 3.43. The summed E-state index contributed by atoms with van der Waals surface area (Å²) in [4.78, 5) is 23.5. The van der Waals surface area contributed by atoms with Crippen molar-refractivity contribution < 1.29 is 14.7 Å². The van der Waals surface area contributed by atoms with Crippen molar-refractivity contribution in [3.05, 3.63) is 0 Å². The first-order chi connectivity index (χ1) is 6.54. The molecule has 5 N–H and O–H groups in total. The highest BCUT2D eigenvalue weighted by molar-refractivity contribution is 5.88. The standard InChI is InChI=1S/C8H15N3O3/c9-6(1-7(10)13)8(14)11-2-5(3-11)4-12/h5-6,12H,1-4,9H2,(H2,10,13). The maximum atomic E-state index is 11.4. The lowest BCUT2D eigenvalue weighted by atomic mass is 9.99. The van der Waals surface area contributed by atoms with Gasteiger partial charge < -0.3 is 21.5 Å². The molecule has 0 saturated carbocycles. The lowest BCUT2D eigenvalue weighted by Crippen LogP contribution is -2.56.